The third-order valence-electron chi connectivity index (χ3n) is 5.08. The van der Waals surface area contributed by atoms with Gasteiger partial charge in [-0.1, -0.05) is 29.8 Å². The van der Waals surface area contributed by atoms with Crippen molar-refractivity contribution >= 4 is 22.6 Å². The van der Waals surface area contributed by atoms with Gasteiger partial charge in [0.2, 0.25) is 0 Å². The Morgan fingerprint density at radius 2 is 1.82 bits per heavy atom. The van der Waals surface area contributed by atoms with Gasteiger partial charge in [0.25, 0.3) is 5.91 Å². The standard InChI is InChI=1S/C25H18FN5O2/c1-15-2-4-16(5-3-15)20-13-21(30-14-29-20)25(32)31-17-6-7-23(19(26)12-17)33-22-9-11-28-24-18(22)8-10-27-24/h2-14H,1H3,(H,27,28)(H,31,32). The van der Waals surface area contributed by atoms with Crippen LogP contribution in [-0.2, 0) is 0 Å². The first-order valence-electron chi connectivity index (χ1n) is 10.2. The molecule has 162 valence electrons. The van der Waals surface area contributed by atoms with E-state index in [1.165, 1.54) is 18.5 Å². The Balaban J connectivity index is 1.33. The van der Waals surface area contributed by atoms with Crippen molar-refractivity contribution in [3.8, 4) is 22.8 Å². The first kappa shape index (κ1) is 20.3. The SMILES string of the molecule is Cc1ccc(-c2cc(C(=O)Nc3ccc(Oc4ccnc5[nH]ccc45)c(F)c3)ncn2)cc1. The van der Waals surface area contributed by atoms with Crippen molar-refractivity contribution in [1.29, 1.82) is 0 Å². The van der Waals surface area contributed by atoms with Crippen molar-refractivity contribution in [2.45, 2.75) is 6.92 Å². The molecule has 0 spiro atoms. The number of pyridine rings is 1. The van der Waals surface area contributed by atoms with Crippen molar-refractivity contribution in [1.82, 2.24) is 19.9 Å². The fraction of sp³-hybridized carbons (Fsp3) is 0.0400. The first-order valence-corrected chi connectivity index (χ1v) is 10.2. The highest BCUT2D eigenvalue weighted by atomic mass is 19.1. The number of fused-ring (bicyclic) bond motifs is 1. The minimum absolute atomic E-state index is 0.0328. The number of halogens is 1. The number of carbonyl (C=O) groups is 1. The van der Waals surface area contributed by atoms with Gasteiger partial charge >= 0.3 is 0 Å². The Kier molecular flexibility index (Phi) is 5.24. The molecule has 3 aromatic heterocycles. The number of hydrogen-bond donors (Lipinski definition) is 2. The van der Waals surface area contributed by atoms with Crippen molar-refractivity contribution < 1.29 is 13.9 Å². The Labute approximate surface area is 188 Å². The van der Waals surface area contributed by atoms with E-state index in [1.807, 2.05) is 31.2 Å². The van der Waals surface area contributed by atoms with Crippen LogP contribution in [0.3, 0.4) is 0 Å². The molecule has 0 saturated carbocycles. The summed E-state index contributed by atoms with van der Waals surface area (Å²) in [4.78, 5) is 28.1. The number of nitrogens with one attached hydrogen (secondary N) is 2. The van der Waals surface area contributed by atoms with E-state index in [1.54, 1.807) is 36.7 Å². The van der Waals surface area contributed by atoms with E-state index in [2.05, 4.69) is 25.3 Å². The second-order valence-corrected chi connectivity index (χ2v) is 7.40. The number of anilines is 1. The smallest absolute Gasteiger partial charge is 0.274 e. The zero-order valence-electron chi connectivity index (χ0n) is 17.5. The van der Waals surface area contributed by atoms with Gasteiger partial charge in [-0.05, 0) is 37.3 Å². The van der Waals surface area contributed by atoms with Gasteiger partial charge in [-0.15, -0.1) is 0 Å². The van der Waals surface area contributed by atoms with Crippen LogP contribution in [0.25, 0.3) is 22.3 Å². The van der Waals surface area contributed by atoms with Crippen LogP contribution < -0.4 is 10.1 Å². The van der Waals surface area contributed by atoms with Crippen LogP contribution in [-0.4, -0.2) is 25.8 Å². The highest BCUT2D eigenvalue weighted by molar-refractivity contribution is 6.03. The van der Waals surface area contributed by atoms with E-state index in [-0.39, 0.29) is 17.1 Å². The van der Waals surface area contributed by atoms with Crippen molar-refractivity contribution in [2.24, 2.45) is 0 Å². The molecule has 33 heavy (non-hydrogen) atoms. The van der Waals surface area contributed by atoms with Gasteiger partial charge < -0.3 is 15.0 Å². The summed E-state index contributed by atoms with van der Waals surface area (Å²) in [5.74, 6) is -0.578. The molecule has 0 aliphatic rings. The lowest BCUT2D eigenvalue weighted by atomic mass is 10.1. The van der Waals surface area contributed by atoms with E-state index < -0.39 is 11.7 Å². The summed E-state index contributed by atoms with van der Waals surface area (Å²) >= 11 is 0. The molecule has 5 rings (SSSR count). The maximum atomic E-state index is 14.7. The molecule has 0 saturated heterocycles. The maximum absolute atomic E-state index is 14.7. The van der Waals surface area contributed by atoms with E-state index in [0.29, 0.717) is 17.1 Å². The zero-order chi connectivity index (χ0) is 22.8. The molecule has 2 aromatic carbocycles. The van der Waals surface area contributed by atoms with Gasteiger partial charge in [-0.25, -0.2) is 19.3 Å². The summed E-state index contributed by atoms with van der Waals surface area (Å²) in [6.07, 6.45) is 4.64. The molecular formula is C25H18FN5O2. The Bertz CT molecular complexity index is 1460. The van der Waals surface area contributed by atoms with Gasteiger partial charge in [-0.2, -0.15) is 0 Å². The number of rotatable bonds is 5. The lowest BCUT2D eigenvalue weighted by molar-refractivity contribution is 0.102. The molecule has 1 amide bonds. The minimum Gasteiger partial charge on any atom is -0.453 e. The molecular weight excluding hydrogens is 421 g/mol. The van der Waals surface area contributed by atoms with Gasteiger partial charge in [0.1, 0.15) is 23.4 Å². The van der Waals surface area contributed by atoms with Crippen LogP contribution >= 0.6 is 0 Å². The number of aromatic amines is 1. The third-order valence-corrected chi connectivity index (χ3v) is 5.08. The lowest BCUT2D eigenvalue weighted by Gasteiger charge is -2.10. The van der Waals surface area contributed by atoms with Crippen molar-refractivity contribution in [3.63, 3.8) is 0 Å². The number of H-pyrrole nitrogens is 1. The number of nitrogens with zero attached hydrogens (tertiary/aromatic N) is 3. The second-order valence-electron chi connectivity index (χ2n) is 7.40. The number of aryl methyl sites for hydroxylation is 1. The van der Waals surface area contributed by atoms with Crippen LogP contribution in [0.1, 0.15) is 16.1 Å². The molecule has 0 atom stereocenters. The second kappa shape index (κ2) is 8.51. The van der Waals surface area contributed by atoms with Crippen LogP contribution in [0.15, 0.2) is 79.4 Å². The first-order chi connectivity index (χ1) is 16.1. The maximum Gasteiger partial charge on any atom is 0.274 e. The number of amides is 1. The van der Waals surface area contributed by atoms with Gasteiger partial charge in [0.15, 0.2) is 11.6 Å². The molecule has 0 unspecified atom stereocenters. The Hall–Kier alpha value is -4.59. The predicted octanol–water partition coefficient (Wildman–Crippen LogP) is 5.51. The van der Waals surface area contributed by atoms with E-state index in [9.17, 15) is 9.18 Å². The topological polar surface area (TPSA) is 92.8 Å². The summed E-state index contributed by atoms with van der Waals surface area (Å²) in [6.45, 7) is 2.00. The molecule has 0 aliphatic heterocycles. The van der Waals surface area contributed by atoms with Crippen molar-refractivity contribution in [3.05, 3.63) is 96.5 Å². The van der Waals surface area contributed by atoms with E-state index in [0.717, 1.165) is 16.5 Å². The summed E-state index contributed by atoms with van der Waals surface area (Å²) in [6, 6.07) is 17.1. The van der Waals surface area contributed by atoms with Crippen molar-refractivity contribution in [2.75, 3.05) is 5.32 Å². The molecule has 0 aliphatic carbocycles. The monoisotopic (exact) mass is 439 g/mol. The summed E-state index contributed by atoms with van der Waals surface area (Å²) in [5.41, 5.74) is 3.72. The average Bonchev–Trinajstić information content (AvgIpc) is 3.31. The van der Waals surface area contributed by atoms with E-state index in [4.69, 9.17) is 4.74 Å². The number of carbonyl (C=O) groups excluding carboxylic acids is 1. The highest BCUT2D eigenvalue weighted by Gasteiger charge is 2.13. The minimum atomic E-state index is -0.615. The number of benzene rings is 2. The molecule has 0 bridgehead atoms. The Morgan fingerprint density at radius 1 is 0.970 bits per heavy atom. The fourth-order valence-electron chi connectivity index (χ4n) is 3.36. The molecule has 0 fully saturated rings. The lowest BCUT2D eigenvalue weighted by Crippen LogP contribution is -2.14. The largest absolute Gasteiger partial charge is 0.453 e. The average molecular weight is 439 g/mol. The Morgan fingerprint density at radius 3 is 2.64 bits per heavy atom. The summed E-state index contributed by atoms with van der Waals surface area (Å²) in [7, 11) is 0. The third kappa shape index (κ3) is 4.27. The van der Waals surface area contributed by atoms with Crippen LogP contribution in [0.4, 0.5) is 10.1 Å². The van der Waals surface area contributed by atoms with Crippen LogP contribution in [0.2, 0.25) is 0 Å². The number of ether oxygens (including phenoxy) is 1. The van der Waals surface area contributed by atoms with Crippen LogP contribution in [0.5, 0.6) is 11.5 Å². The molecule has 8 heteroatoms. The fourth-order valence-corrected chi connectivity index (χ4v) is 3.36. The number of aromatic nitrogens is 4. The molecule has 7 nitrogen and oxygen atoms in total. The normalized spacial score (nSPS) is 10.8. The molecule has 0 radical (unpaired) electrons. The molecule has 5 aromatic rings. The zero-order valence-corrected chi connectivity index (χ0v) is 17.5. The molecule has 3 heterocycles. The number of hydrogen-bond acceptors (Lipinski definition) is 5. The van der Waals surface area contributed by atoms with Gasteiger partial charge in [0.05, 0.1) is 11.1 Å². The predicted molar refractivity (Wildman–Crippen MR) is 123 cm³/mol. The highest BCUT2D eigenvalue weighted by Crippen LogP contribution is 2.31. The van der Waals surface area contributed by atoms with Gasteiger partial charge in [0, 0.05) is 29.7 Å². The van der Waals surface area contributed by atoms with Gasteiger partial charge in [-0.3, -0.25) is 4.79 Å². The summed E-state index contributed by atoms with van der Waals surface area (Å²) < 4.78 is 20.4. The quantitative estimate of drug-likeness (QED) is 0.377. The van der Waals surface area contributed by atoms with E-state index >= 15 is 0 Å². The van der Waals surface area contributed by atoms with Crippen LogP contribution in [0, 0.1) is 12.7 Å². The molecule has 2 N–H and O–H groups in total. The summed E-state index contributed by atoms with van der Waals surface area (Å²) in [5, 5.41) is 3.40.